The normalized spacial score (nSPS) is 23.5. The Morgan fingerprint density at radius 2 is 2.12 bits per heavy atom. The van der Waals surface area contributed by atoms with Gasteiger partial charge in [0.05, 0.1) is 11.6 Å². The molecule has 3 heteroatoms. The molecular formula is C13H16BrNO. The van der Waals surface area contributed by atoms with Gasteiger partial charge in [0.1, 0.15) is 5.75 Å². The molecule has 1 heterocycles. The van der Waals surface area contributed by atoms with E-state index < -0.39 is 0 Å². The Morgan fingerprint density at radius 1 is 1.31 bits per heavy atom. The second-order valence-corrected chi connectivity index (χ2v) is 5.63. The summed E-state index contributed by atoms with van der Waals surface area (Å²) in [5.41, 5.74) is 2.67. The summed E-state index contributed by atoms with van der Waals surface area (Å²) in [6, 6.07) is 5.01. The molecule has 1 aliphatic heterocycles. The predicted molar refractivity (Wildman–Crippen MR) is 69.1 cm³/mol. The number of anilines is 1. The van der Waals surface area contributed by atoms with Gasteiger partial charge in [-0.3, -0.25) is 0 Å². The first-order valence-electron chi connectivity index (χ1n) is 5.91. The minimum absolute atomic E-state index is 0.702. The fourth-order valence-electron chi connectivity index (χ4n) is 2.53. The summed E-state index contributed by atoms with van der Waals surface area (Å²) in [4.78, 5) is 0. The number of halogens is 1. The van der Waals surface area contributed by atoms with Gasteiger partial charge < -0.3 is 10.1 Å². The van der Waals surface area contributed by atoms with Crippen LogP contribution in [0.4, 0.5) is 5.69 Å². The zero-order valence-corrected chi connectivity index (χ0v) is 11.0. The second-order valence-electron chi connectivity index (χ2n) is 4.77. The minimum atomic E-state index is 0.702. The Hall–Kier alpha value is -0.700. The van der Waals surface area contributed by atoms with Crippen LogP contribution in [0.25, 0.3) is 0 Å². The molecule has 0 amide bonds. The lowest BCUT2D eigenvalue weighted by atomic mass is 9.95. The number of rotatable bonds is 2. The van der Waals surface area contributed by atoms with E-state index in [9.17, 15) is 0 Å². The number of hydrogen-bond donors (Lipinski definition) is 1. The summed E-state index contributed by atoms with van der Waals surface area (Å²) < 4.78 is 6.36. The summed E-state index contributed by atoms with van der Waals surface area (Å²) in [6.45, 7) is 0. The SMILES string of the molecule is COc1cc2c(cc1Br)NC(C1CC1)CC2. The molecule has 0 radical (unpaired) electrons. The van der Waals surface area contributed by atoms with Gasteiger partial charge in [-0.1, -0.05) is 0 Å². The molecule has 2 nitrogen and oxygen atoms in total. The van der Waals surface area contributed by atoms with Crippen molar-refractivity contribution in [3.05, 3.63) is 22.2 Å². The Balaban J connectivity index is 1.89. The molecule has 0 saturated heterocycles. The van der Waals surface area contributed by atoms with Crippen molar-refractivity contribution in [3.63, 3.8) is 0 Å². The van der Waals surface area contributed by atoms with E-state index in [4.69, 9.17) is 4.74 Å². The Kier molecular flexibility index (Phi) is 2.58. The minimum Gasteiger partial charge on any atom is -0.496 e. The van der Waals surface area contributed by atoms with Crippen LogP contribution in [-0.4, -0.2) is 13.2 Å². The summed E-state index contributed by atoms with van der Waals surface area (Å²) >= 11 is 3.54. The number of fused-ring (bicyclic) bond motifs is 1. The molecular weight excluding hydrogens is 266 g/mol. The Labute approximate surface area is 105 Å². The molecule has 86 valence electrons. The molecule has 0 aromatic heterocycles. The average molecular weight is 282 g/mol. The highest BCUT2D eigenvalue weighted by Gasteiger charge is 2.33. The van der Waals surface area contributed by atoms with Crippen molar-refractivity contribution in [1.29, 1.82) is 0 Å². The number of aryl methyl sites for hydroxylation is 1. The zero-order chi connectivity index (χ0) is 11.1. The smallest absolute Gasteiger partial charge is 0.133 e. The summed E-state index contributed by atoms with van der Waals surface area (Å²) in [5.74, 6) is 1.86. The first-order chi connectivity index (χ1) is 7.78. The van der Waals surface area contributed by atoms with Crippen molar-refractivity contribution >= 4 is 21.6 Å². The van der Waals surface area contributed by atoms with Crippen molar-refractivity contribution in [2.45, 2.75) is 31.7 Å². The van der Waals surface area contributed by atoms with Gasteiger partial charge in [0.25, 0.3) is 0 Å². The molecule has 0 bridgehead atoms. The number of nitrogens with one attached hydrogen (secondary N) is 1. The topological polar surface area (TPSA) is 21.3 Å². The monoisotopic (exact) mass is 281 g/mol. The van der Waals surface area contributed by atoms with E-state index in [1.54, 1.807) is 7.11 Å². The van der Waals surface area contributed by atoms with Crippen LogP contribution >= 0.6 is 15.9 Å². The van der Waals surface area contributed by atoms with Gasteiger partial charge in [0.15, 0.2) is 0 Å². The number of benzene rings is 1. The van der Waals surface area contributed by atoms with Crippen molar-refractivity contribution in [1.82, 2.24) is 0 Å². The highest BCUT2D eigenvalue weighted by molar-refractivity contribution is 9.10. The molecule has 16 heavy (non-hydrogen) atoms. The molecule has 1 N–H and O–H groups in total. The van der Waals surface area contributed by atoms with E-state index in [0.29, 0.717) is 6.04 Å². The van der Waals surface area contributed by atoms with E-state index in [1.807, 2.05) is 0 Å². The van der Waals surface area contributed by atoms with Crippen LogP contribution < -0.4 is 10.1 Å². The maximum absolute atomic E-state index is 5.32. The average Bonchev–Trinajstić information content (AvgIpc) is 3.11. The molecule has 1 aromatic rings. The highest BCUT2D eigenvalue weighted by atomic mass is 79.9. The van der Waals surface area contributed by atoms with Gasteiger partial charge in [0, 0.05) is 11.7 Å². The third-order valence-corrected chi connectivity index (χ3v) is 4.25. The molecule has 1 atom stereocenters. The van der Waals surface area contributed by atoms with E-state index in [2.05, 4.69) is 33.4 Å². The first-order valence-corrected chi connectivity index (χ1v) is 6.70. The van der Waals surface area contributed by atoms with Crippen LogP contribution in [0.3, 0.4) is 0 Å². The van der Waals surface area contributed by atoms with Crippen molar-refractivity contribution < 1.29 is 4.74 Å². The highest BCUT2D eigenvalue weighted by Crippen LogP contribution is 2.41. The van der Waals surface area contributed by atoms with Gasteiger partial charge >= 0.3 is 0 Å². The number of methoxy groups -OCH3 is 1. The number of ether oxygens (including phenoxy) is 1. The third kappa shape index (κ3) is 1.81. The van der Waals surface area contributed by atoms with Crippen LogP contribution in [0.5, 0.6) is 5.75 Å². The zero-order valence-electron chi connectivity index (χ0n) is 9.42. The maximum atomic E-state index is 5.32. The standard InChI is InChI=1S/C13H16BrNO/c1-16-13-6-9-4-5-11(8-2-3-8)15-12(9)7-10(13)14/h6-8,11,15H,2-5H2,1H3. The first kappa shape index (κ1) is 10.5. The lowest BCUT2D eigenvalue weighted by molar-refractivity contribution is 0.411. The fraction of sp³-hybridized carbons (Fsp3) is 0.538. The molecule has 1 aromatic carbocycles. The second kappa shape index (κ2) is 3.95. The van der Waals surface area contributed by atoms with Crippen LogP contribution in [0.2, 0.25) is 0 Å². The van der Waals surface area contributed by atoms with Crippen LogP contribution in [-0.2, 0) is 6.42 Å². The van der Waals surface area contributed by atoms with Gasteiger partial charge in [-0.25, -0.2) is 0 Å². The van der Waals surface area contributed by atoms with Gasteiger partial charge in [-0.05, 0) is 65.2 Å². The molecule has 1 aliphatic carbocycles. The quantitative estimate of drug-likeness (QED) is 0.895. The van der Waals surface area contributed by atoms with Gasteiger partial charge in [-0.15, -0.1) is 0 Å². The fourth-order valence-corrected chi connectivity index (χ4v) is 3.03. The van der Waals surface area contributed by atoms with Gasteiger partial charge in [-0.2, -0.15) is 0 Å². The Morgan fingerprint density at radius 3 is 2.81 bits per heavy atom. The van der Waals surface area contributed by atoms with Crippen molar-refractivity contribution in [2.24, 2.45) is 5.92 Å². The predicted octanol–water partition coefficient (Wildman–Crippen LogP) is 3.59. The largest absolute Gasteiger partial charge is 0.496 e. The van der Waals surface area contributed by atoms with Crippen LogP contribution in [0, 0.1) is 5.92 Å². The van der Waals surface area contributed by atoms with E-state index >= 15 is 0 Å². The van der Waals surface area contributed by atoms with Crippen molar-refractivity contribution in [3.8, 4) is 5.75 Å². The van der Waals surface area contributed by atoms with Crippen LogP contribution in [0.15, 0.2) is 16.6 Å². The van der Waals surface area contributed by atoms with E-state index in [-0.39, 0.29) is 0 Å². The molecule has 0 spiro atoms. The molecule has 1 unspecified atom stereocenters. The number of hydrogen-bond acceptors (Lipinski definition) is 2. The summed E-state index contributed by atoms with van der Waals surface area (Å²) in [7, 11) is 1.72. The summed E-state index contributed by atoms with van der Waals surface area (Å²) in [6.07, 6.45) is 5.25. The molecule has 3 rings (SSSR count). The van der Waals surface area contributed by atoms with E-state index in [0.717, 1.165) is 16.1 Å². The molecule has 2 aliphatic rings. The lowest BCUT2D eigenvalue weighted by Gasteiger charge is -2.27. The Bertz CT molecular complexity index is 415. The van der Waals surface area contributed by atoms with Crippen LogP contribution in [0.1, 0.15) is 24.8 Å². The molecule has 1 fully saturated rings. The lowest BCUT2D eigenvalue weighted by Crippen LogP contribution is -2.27. The third-order valence-electron chi connectivity index (χ3n) is 3.63. The van der Waals surface area contributed by atoms with Crippen molar-refractivity contribution in [2.75, 3.05) is 12.4 Å². The van der Waals surface area contributed by atoms with Gasteiger partial charge in [0.2, 0.25) is 0 Å². The maximum Gasteiger partial charge on any atom is 0.133 e. The van der Waals surface area contributed by atoms with E-state index in [1.165, 1.54) is 36.9 Å². The summed E-state index contributed by atoms with van der Waals surface area (Å²) in [5, 5.41) is 3.67. The molecule has 1 saturated carbocycles.